The summed E-state index contributed by atoms with van der Waals surface area (Å²) in [6, 6.07) is 4.09. The summed E-state index contributed by atoms with van der Waals surface area (Å²) >= 11 is 6.93. The normalized spacial score (nSPS) is 10.2. The summed E-state index contributed by atoms with van der Waals surface area (Å²) in [6.45, 7) is 1.79. The number of nitro benzene ring substituents is 1. The molecule has 2 aromatic rings. The van der Waals surface area contributed by atoms with Gasteiger partial charge in [0.05, 0.1) is 16.1 Å². The first-order chi connectivity index (χ1) is 8.97. The second-order valence-electron chi connectivity index (χ2n) is 3.62. The molecule has 0 bridgehead atoms. The minimum absolute atomic E-state index is 0.0247. The number of anilines is 1. The molecular weight excluding hydrogens is 290 g/mol. The first kappa shape index (κ1) is 13.4. The van der Waals surface area contributed by atoms with Gasteiger partial charge in [-0.1, -0.05) is 11.6 Å². The van der Waals surface area contributed by atoms with Crippen LogP contribution in [0.2, 0.25) is 5.02 Å². The quantitative estimate of drug-likeness (QED) is 0.696. The number of carbonyl (C=O) groups excluding carboxylic acids is 1. The van der Waals surface area contributed by atoms with Crippen molar-refractivity contribution in [2.24, 2.45) is 0 Å². The number of nitrogens with one attached hydrogen (secondary N) is 1. The third-order valence-electron chi connectivity index (χ3n) is 2.25. The third kappa shape index (κ3) is 3.07. The van der Waals surface area contributed by atoms with Crippen LogP contribution in [-0.4, -0.2) is 15.8 Å². The first-order valence-electron chi connectivity index (χ1n) is 5.15. The number of halogens is 1. The minimum Gasteiger partial charge on any atom is -0.321 e. The molecule has 0 aliphatic rings. The molecule has 0 radical (unpaired) electrons. The lowest BCUT2D eigenvalue weighted by Crippen LogP contribution is -2.10. The Morgan fingerprint density at radius 2 is 2.26 bits per heavy atom. The number of rotatable bonds is 3. The van der Waals surface area contributed by atoms with Gasteiger partial charge in [0, 0.05) is 11.8 Å². The smallest absolute Gasteiger partial charge is 0.289 e. The maximum atomic E-state index is 11.8. The number of amides is 1. The topological polar surface area (TPSA) is 85.1 Å². The zero-order valence-corrected chi connectivity index (χ0v) is 11.3. The molecule has 0 aliphatic heterocycles. The van der Waals surface area contributed by atoms with E-state index < -0.39 is 4.92 Å². The Bertz CT molecular complexity index is 656. The molecule has 2 rings (SSSR count). The van der Waals surface area contributed by atoms with Crippen molar-refractivity contribution in [2.45, 2.75) is 6.92 Å². The second-order valence-corrected chi connectivity index (χ2v) is 5.26. The molecule has 0 unspecified atom stereocenters. The first-order valence-corrected chi connectivity index (χ1v) is 6.34. The Morgan fingerprint density at radius 1 is 1.53 bits per heavy atom. The van der Waals surface area contributed by atoms with Gasteiger partial charge in [-0.15, -0.1) is 11.3 Å². The standard InChI is InChI=1S/C11H8ClN3O3S/c1-6-13-5-10(19-6)11(16)14-7-2-3-8(12)9(4-7)15(17)18/h2-5H,1H3,(H,14,16). The molecular formula is C11H8ClN3O3S. The average Bonchev–Trinajstić information content (AvgIpc) is 2.78. The van der Waals surface area contributed by atoms with Crippen molar-refractivity contribution in [3.63, 3.8) is 0 Å². The highest BCUT2D eigenvalue weighted by Gasteiger charge is 2.15. The van der Waals surface area contributed by atoms with E-state index in [1.165, 1.54) is 35.7 Å². The predicted molar refractivity (Wildman–Crippen MR) is 72.9 cm³/mol. The van der Waals surface area contributed by atoms with Gasteiger partial charge in [0.25, 0.3) is 11.6 Å². The van der Waals surface area contributed by atoms with Gasteiger partial charge in [-0.3, -0.25) is 14.9 Å². The van der Waals surface area contributed by atoms with Crippen molar-refractivity contribution in [3.05, 3.63) is 49.4 Å². The summed E-state index contributed by atoms with van der Waals surface area (Å²) in [5.74, 6) is -0.359. The number of carbonyl (C=O) groups is 1. The minimum atomic E-state index is -0.602. The number of nitro groups is 1. The van der Waals surface area contributed by atoms with Crippen LogP contribution in [0.25, 0.3) is 0 Å². The van der Waals surface area contributed by atoms with Gasteiger partial charge >= 0.3 is 0 Å². The zero-order chi connectivity index (χ0) is 14.0. The van der Waals surface area contributed by atoms with Crippen molar-refractivity contribution in [1.29, 1.82) is 0 Å². The number of benzene rings is 1. The molecule has 0 saturated carbocycles. The Kier molecular flexibility index (Phi) is 3.77. The van der Waals surface area contributed by atoms with Crippen LogP contribution in [0.3, 0.4) is 0 Å². The van der Waals surface area contributed by atoms with Gasteiger partial charge in [0.2, 0.25) is 0 Å². The van der Waals surface area contributed by atoms with E-state index in [1.807, 2.05) is 0 Å². The molecule has 0 fully saturated rings. The fourth-order valence-corrected chi connectivity index (χ4v) is 2.25. The summed E-state index contributed by atoms with van der Waals surface area (Å²) in [4.78, 5) is 26.4. The Labute approximate surface area is 117 Å². The fourth-order valence-electron chi connectivity index (χ4n) is 1.39. The maximum Gasteiger partial charge on any atom is 0.289 e. The largest absolute Gasteiger partial charge is 0.321 e. The number of aryl methyl sites for hydroxylation is 1. The molecule has 6 nitrogen and oxygen atoms in total. The van der Waals surface area contributed by atoms with Crippen molar-refractivity contribution in [2.75, 3.05) is 5.32 Å². The van der Waals surface area contributed by atoms with Crippen LogP contribution in [0.4, 0.5) is 11.4 Å². The third-order valence-corrected chi connectivity index (χ3v) is 3.48. The van der Waals surface area contributed by atoms with Crippen LogP contribution in [0.5, 0.6) is 0 Å². The highest BCUT2D eigenvalue weighted by Crippen LogP contribution is 2.27. The maximum absolute atomic E-state index is 11.8. The number of thiazole rings is 1. The van der Waals surface area contributed by atoms with Crippen LogP contribution < -0.4 is 5.32 Å². The lowest BCUT2D eigenvalue weighted by atomic mass is 10.2. The van der Waals surface area contributed by atoms with Crippen molar-refractivity contribution >= 4 is 40.2 Å². The average molecular weight is 298 g/mol. The Hall–Kier alpha value is -1.99. The van der Waals surface area contributed by atoms with Crippen LogP contribution in [0.15, 0.2) is 24.4 Å². The fraction of sp³-hybridized carbons (Fsp3) is 0.0909. The van der Waals surface area contributed by atoms with E-state index in [0.29, 0.717) is 10.6 Å². The molecule has 1 N–H and O–H groups in total. The monoisotopic (exact) mass is 297 g/mol. The van der Waals surface area contributed by atoms with Crippen molar-refractivity contribution in [1.82, 2.24) is 4.98 Å². The van der Waals surface area contributed by atoms with E-state index in [1.54, 1.807) is 6.92 Å². The molecule has 1 aromatic heterocycles. The van der Waals surface area contributed by atoms with E-state index in [4.69, 9.17) is 11.6 Å². The molecule has 1 amide bonds. The van der Waals surface area contributed by atoms with E-state index in [0.717, 1.165) is 5.01 Å². The number of nitrogens with zero attached hydrogens (tertiary/aromatic N) is 2. The van der Waals surface area contributed by atoms with E-state index in [2.05, 4.69) is 10.3 Å². The van der Waals surface area contributed by atoms with Crippen molar-refractivity contribution in [3.8, 4) is 0 Å². The zero-order valence-electron chi connectivity index (χ0n) is 9.71. The summed E-state index contributed by atoms with van der Waals surface area (Å²) in [5, 5.41) is 14.1. The van der Waals surface area contributed by atoms with Crippen LogP contribution in [0, 0.1) is 17.0 Å². The summed E-state index contributed by atoms with van der Waals surface area (Å²) in [5.41, 5.74) is 0.0621. The molecule has 8 heteroatoms. The van der Waals surface area contributed by atoms with Gasteiger partial charge in [-0.05, 0) is 19.1 Å². The van der Waals surface area contributed by atoms with Gasteiger partial charge in [-0.2, -0.15) is 0 Å². The lowest BCUT2D eigenvalue weighted by Gasteiger charge is -2.03. The molecule has 98 valence electrons. The molecule has 0 spiro atoms. The predicted octanol–water partition coefficient (Wildman–Crippen LogP) is 3.27. The lowest BCUT2D eigenvalue weighted by molar-refractivity contribution is -0.384. The van der Waals surface area contributed by atoms with Gasteiger partial charge in [0.15, 0.2) is 0 Å². The second kappa shape index (κ2) is 5.33. The van der Waals surface area contributed by atoms with Crippen LogP contribution in [-0.2, 0) is 0 Å². The molecule has 19 heavy (non-hydrogen) atoms. The number of hydrogen-bond donors (Lipinski definition) is 1. The summed E-state index contributed by atoms with van der Waals surface area (Å²) < 4.78 is 0. The van der Waals surface area contributed by atoms with E-state index in [9.17, 15) is 14.9 Å². The van der Waals surface area contributed by atoms with Crippen molar-refractivity contribution < 1.29 is 9.72 Å². The summed E-state index contributed by atoms with van der Waals surface area (Å²) in [6.07, 6.45) is 1.46. The van der Waals surface area contributed by atoms with E-state index in [-0.39, 0.29) is 16.6 Å². The highest BCUT2D eigenvalue weighted by atomic mass is 35.5. The number of aromatic nitrogens is 1. The summed E-state index contributed by atoms with van der Waals surface area (Å²) in [7, 11) is 0. The number of hydrogen-bond acceptors (Lipinski definition) is 5. The molecule has 0 aliphatic carbocycles. The Balaban J connectivity index is 2.22. The molecule has 0 saturated heterocycles. The van der Waals surface area contributed by atoms with Crippen LogP contribution >= 0.6 is 22.9 Å². The van der Waals surface area contributed by atoms with Gasteiger partial charge in [0.1, 0.15) is 9.90 Å². The van der Waals surface area contributed by atoms with E-state index >= 15 is 0 Å². The Morgan fingerprint density at radius 3 is 2.84 bits per heavy atom. The highest BCUT2D eigenvalue weighted by molar-refractivity contribution is 7.13. The van der Waals surface area contributed by atoms with Gasteiger partial charge < -0.3 is 5.32 Å². The van der Waals surface area contributed by atoms with Crippen LogP contribution in [0.1, 0.15) is 14.7 Å². The molecule has 1 aromatic carbocycles. The molecule has 0 atom stereocenters. The SMILES string of the molecule is Cc1ncc(C(=O)Nc2ccc(Cl)c([N+](=O)[O-])c2)s1. The van der Waals surface area contributed by atoms with Gasteiger partial charge in [-0.25, -0.2) is 4.98 Å². The molecule has 1 heterocycles.